The first-order valence-corrected chi connectivity index (χ1v) is 15.0. The molecule has 1 heterocycles. The number of anilines is 1. The molecular formula is C35H33N3O4S. The molecule has 0 aliphatic heterocycles. The zero-order valence-electron chi connectivity index (χ0n) is 24.1. The lowest BCUT2D eigenvalue weighted by molar-refractivity contribution is -0.121. The zero-order chi connectivity index (χ0) is 30.0. The summed E-state index contributed by atoms with van der Waals surface area (Å²) >= 11 is 1.34. The van der Waals surface area contributed by atoms with Crippen LogP contribution >= 0.6 is 11.3 Å². The molecule has 0 saturated carbocycles. The van der Waals surface area contributed by atoms with Gasteiger partial charge in [0.25, 0.3) is 5.91 Å². The lowest BCUT2D eigenvalue weighted by Crippen LogP contribution is -2.47. The van der Waals surface area contributed by atoms with Gasteiger partial charge in [0, 0.05) is 11.8 Å². The highest BCUT2D eigenvalue weighted by Crippen LogP contribution is 2.33. The molecule has 0 bridgehead atoms. The molecule has 1 N–H and O–H groups in total. The Labute approximate surface area is 255 Å². The van der Waals surface area contributed by atoms with E-state index in [0.717, 1.165) is 16.7 Å². The van der Waals surface area contributed by atoms with Crippen molar-refractivity contribution in [2.75, 3.05) is 5.01 Å². The van der Waals surface area contributed by atoms with Gasteiger partial charge in [-0.05, 0) is 53.4 Å². The Morgan fingerprint density at radius 2 is 1.40 bits per heavy atom. The maximum atomic E-state index is 13.8. The summed E-state index contributed by atoms with van der Waals surface area (Å²) in [5, 5.41) is 3.59. The predicted octanol–water partition coefficient (Wildman–Crippen LogP) is 7.69. The zero-order valence-corrected chi connectivity index (χ0v) is 24.9. The molecule has 0 saturated heterocycles. The molecule has 43 heavy (non-hydrogen) atoms. The van der Waals surface area contributed by atoms with Gasteiger partial charge >= 0.3 is 0 Å². The molecule has 0 aliphatic rings. The van der Waals surface area contributed by atoms with Crippen molar-refractivity contribution in [2.45, 2.75) is 33.5 Å². The number of amides is 2. The Kier molecular flexibility index (Phi) is 9.82. The minimum Gasteiger partial charge on any atom is -0.489 e. The Hall–Kier alpha value is -4.95. The molecule has 0 radical (unpaired) electrons. The molecular weight excluding hydrogens is 558 g/mol. The molecule has 8 heteroatoms. The van der Waals surface area contributed by atoms with E-state index in [1.54, 1.807) is 29.6 Å². The minimum absolute atomic E-state index is 0.129. The van der Waals surface area contributed by atoms with Crippen LogP contribution in [0.1, 0.15) is 41.9 Å². The topological polar surface area (TPSA) is 80.8 Å². The monoisotopic (exact) mass is 591 g/mol. The van der Waals surface area contributed by atoms with E-state index >= 15 is 0 Å². The summed E-state index contributed by atoms with van der Waals surface area (Å²) in [6, 6.07) is 34.5. The van der Waals surface area contributed by atoms with Crippen molar-refractivity contribution in [3.8, 4) is 22.1 Å². The van der Waals surface area contributed by atoms with Crippen LogP contribution in [0.5, 0.6) is 11.5 Å². The van der Waals surface area contributed by atoms with Gasteiger partial charge in [-0.1, -0.05) is 86.6 Å². The van der Waals surface area contributed by atoms with Crippen molar-refractivity contribution in [2.24, 2.45) is 5.92 Å². The number of thiazole rings is 1. The molecule has 0 unspecified atom stereocenters. The lowest BCUT2D eigenvalue weighted by Gasteiger charge is -2.23. The number of benzene rings is 4. The van der Waals surface area contributed by atoms with Crippen molar-refractivity contribution in [3.05, 3.63) is 131 Å². The van der Waals surface area contributed by atoms with Crippen LogP contribution in [0.4, 0.5) is 5.69 Å². The lowest BCUT2D eigenvalue weighted by atomic mass is 10.1. The number of aromatic nitrogens is 1. The summed E-state index contributed by atoms with van der Waals surface area (Å²) in [5.41, 5.74) is 6.39. The highest BCUT2D eigenvalue weighted by molar-refractivity contribution is 7.13. The van der Waals surface area contributed by atoms with Gasteiger partial charge in [-0.25, -0.2) is 9.99 Å². The molecule has 218 valence electrons. The van der Waals surface area contributed by atoms with E-state index in [-0.39, 0.29) is 23.9 Å². The standard InChI is InChI=1S/C35H33N3O4S/c1-25(2)21-33(39)37-38(28-17-19-29(20-18-28)41-22-26-11-5-3-6-12-26)35(40)31-24-43-34(36-31)30-15-9-10-16-32(30)42-23-27-13-7-4-8-14-27/h3-20,24-25H,21-23H2,1-2H3,(H,37,39). The molecule has 2 amide bonds. The molecule has 0 aliphatic carbocycles. The summed E-state index contributed by atoms with van der Waals surface area (Å²) in [6.07, 6.45) is 0.274. The van der Waals surface area contributed by atoms with E-state index in [1.807, 2.05) is 98.8 Å². The minimum atomic E-state index is -0.444. The second-order valence-corrected chi connectivity index (χ2v) is 11.2. The van der Waals surface area contributed by atoms with Crippen molar-refractivity contribution in [1.29, 1.82) is 0 Å². The maximum Gasteiger partial charge on any atom is 0.296 e. The highest BCUT2D eigenvalue weighted by Gasteiger charge is 2.24. The van der Waals surface area contributed by atoms with Crippen LogP contribution in [-0.4, -0.2) is 16.8 Å². The number of nitrogens with zero attached hydrogens (tertiary/aromatic N) is 2. The first-order valence-electron chi connectivity index (χ1n) is 14.1. The average molecular weight is 592 g/mol. The molecule has 0 atom stereocenters. The van der Waals surface area contributed by atoms with Gasteiger partial charge in [-0.15, -0.1) is 11.3 Å². The van der Waals surface area contributed by atoms with Crippen LogP contribution < -0.4 is 19.9 Å². The van der Waals surface area contributed by atoms with Gasteiger partial charge in [-0.3, -0.25) is 15.0 Å². The van der Waals surface area contributed by atoms with E-state index in [9.17, 15) is 9.59 Å². The quantitative estimate of drug-likeness (QED) is 0.159. The Morgan fingerprint density at radius 3 is 2.05 bits per heavy atom. The van der Waals surface area contributed by atoms with Crippen LogP contribution in [0.15, 0.2) is 115 Å². The highest BCUT2D eigenvalue weighted by atomic mass is 32.1. The fraction of sp³-hybridized carbons (Fsp3) is 0.171. The van der Waals surface area contributed by atoms with E-state index in [4.69, 9.17) is 9.47 Å². The molecule has 0 fully saturated rings. The Bertz CT molecular complexity index is 1640. The summed E-state index contributed by atoms with van der Waals surface area (Å²) in [7, 11) is 0. The van der Waals surface area contributed by atoms with Gasteiger partial charge in [0.15, 0.2) is 0 Å². The number of nitrogens with one attached hydrogen (secondary N) is 1. The van der Waals surface area contributed by atoms with Gasteiger partial charge in [0.05, 0.1) is 11.3 Å². The Morgan fingerprint density at radius 1 is 0.791 bits per heavy atom. The third kappa shape index (κ3) is 8.08. The fourth-order valence-electron chi connectivity index (χ4n) is 4.32. The first kappa shape index (κ1) is 29.5. The molecule has 1 aromatic heterocycles. The third-order valence-corrected chi connectivity index (χ3v) is 7.33. The normalized spacial score (nSPS) is 10.8. The second-order valence-electron chi connectivity index (χ2n) is 10.4. The van der Waals surface area contributed by atoms with Crippen LogP contribution in [-0.2, 0) is 18.0 Å². The van der Waals surface area contributed by atoms with Gasteiger partial charge in [0.2, 0.25) is 5.91 Å². The van der Waals surface area contributed by atoms with Gasteiger partial charge < -0.3 is 9.47 Å². The van der Waals surface area contributed by atoms with Gasteiger partial charge in [-0.2, -0.15) is 0 Å². The SMILES string of the molecule is CC(C)CC(=O)NN(C(=O)c1csc(-c2ccccc2OCc2ccccc2)n1)c1ccc(OCc2ccccc2)cc1. The third-order valence-electron chi connectivity index (χ3n) is 6.45. The number of ether oxygens (including phenoxy) is 2. The molecule has 0 spiro atoms. The van der Waals surface area contributed by atoms with Crippen molar-refractivity contribution in [1.82, 2.24) is 10.4 Å². The Balaban J connectivity index is 1.35. The number of hydrazine groups is 1. The molecule has 7 nitrogen and oxygen atoms in total. The largest absolute Gasteiger partial charge is 0.489 e. The number of para-hydroxylation sites is 1. The summed E-state index contributed by atoms with van der Waals surface area (Å²) in [6.45, 7) is 4.74. The van der Waals surface area contributed by atoms with E-state index in [2.05, 4.69) is 10.4 Å². The number of rotatable bonds is 11. The van der Waals surface area contributed by atoms with E-state index < -0.39 is 5.91 Å². The summed E-state index contributed by atoms with van der Waals surface area (Å²) in [5.74, 6) is 0.747. The summed E-state index contributed by atoms with van der Waals surface area (Å²) < 4.78 is 12.0. The molecule has 4 aromatic carbocycles. The van der Waals surface area contributed by atoms with Crippen molar-refractivity contribution in [3.63, 3.8) is 0 Å². The molecule has 5 rings (SSSR count). The fourth-order valence-corrected chi connectivity index (χ4v) is 5.14. The smallest absolute Gasteiger partial charge is 0.296 e. The van der Waals surface area contributed by atoms with Crippen LogP contribution in [0.2, 0.25) is 0 Å². The van der Waals surface area contributed by atoms with Gasteiger partial charge in [0.1, 0.15) is 35.4 Å². The number of hydrogen-bond acceptors (Lipinski definition) is 6. The first-order chi connectivity index (χ1) is 21.0. The predicted molar refractivity (Wildman–Crippen MR) is 170 cm³/mol. The number of hydrogen-bond donors (Lipinski definition) is 1. The number of carbonyl (C=O) groups excluding carboxylic acids is 2. The van der Waals surface area contributed by atoms with Crippen LogP contribution in [0, 0.1) is 5.92 Å². The molecule has 5 aromatic rings. The number of carbonyl (C=O) groups is 2. The van der Waals surface area contributed by atoms with Crippen LogP contribution in [0.3, 0.4) is 0 Å². The van der Waals surface area contributed by atoms with Crippen LogP contribution in [0.25, 0.3) is 10.6 Å². The summed E-state index contributed by atoms with van der Waals surface area (Å²) in [4.78, 5) is 31.3. The average Bonchev–Trinajstić information content (AvgIpc) is 3.53. The van der Waals surface area contributed by atoms with E-state index in [0.29, 0.717) is 35.4 Å². The van der Waals surface area contributed by atoms with Crippen molar-refractivity contribution >= 4 is 28.8 Å². The van der Waals surface area contributed by atoms with E-state index in [1.165, 1.54) is 16.3 Å². The van der Waals surface area contributed by atoms with Crippen molar-refractivity contribution < 1.29 is 19.1 Å². The second kappa shape index (κ2) is 14.3. The maximum absolute atomic E-state index is 13.8.